The minimum atomic E-state index is -0.437. The minimum absolute atomic E-state index is 0.237. The zero-order chi connectivity index (χ0) is 14.8. The molecule has 2 heterocycles. The topological polar surface area (TPSA) is 78.2 Å². The van der Waals surface area contributed by atoms with Crippen molar-refractivity contribution in [2.45, 2.75) is 0 Å². The first kappa shape index (κ1) is 13.2. The van der Waals surface area contributed by atoms with E-state index in [-0.39, 0.29) is 5.69 Å². The predicted octanol–water partition coefficient (Wildman–Crippen LogP) is 3.20. The molecule has 0 radical (unpaired) electrons. The van der Waals surface area contributed by atoms with Gasteiger partial charge in [0.2, 0.25) is 0 Å². The number of hydrogen-bond acceptors (Lipinski definition) is 4. The number of benzene rings is 1. The Labute approximate surface area is 124 Å². The molecule has 0 bridgehead atoms. The molecule has 21 heavy (non-hydrogen) atoms. The van der Waals surface area contributed by atoms with Crippen molar-refractivity contribution in [2.24, 2.45) is 0 Å². The summed E-state index contributed by atoms with van der Waals surface area (Å²) >= 11 is 6.10. The van der Waals surface area contributed by atoms with Crippen LogP contribution in [0, 0.1) is 17.1 Å². The maximum Gasteiger partial charge on any atom is 0.163 e. The Balaban J connectivity index is 2.15. The van der Waals surface area contributed by atoms with Crippen molar-refractivity contribution in [3.63, 3.8) is 0 Å². The average Bonchev–Trinajstić information content (AvgIpc) is 2.95. The van der Waals surface area contributed by atoms with Crippen molar-refractivity contribution < 1.29 is 4.39 Å². The third-order valence-corrected chi connectivity index (χ3v) is 3.09. The van der Waals surface area contributed by atoms with E-state index in [1.54, 1.807) is 18.2 Å². The molecular weight excluding hydrogens is 293 g/mol. The molecule has 0 saturated heterocycles. The van der Waals surface area contributed by atoms with Crippen molar-refractivity contribution in [1.29, 1.82) is 5.26 Å². The van der Waals surface area contributed by atoms with Crippen LogP contribution in [0.15, 0.2) is 36.7 Å². The standard InChI is InChI=1S/C14H7ClFN5/c15-11-2-8(10-4-12(16)7-18-6-10)1-9(3-11)14-13(5-17)19-21-20-14/h1-4,6-7H,(H,19,20,21). The second kappa shape index (κ2) is 5.31. The van der Waals surface area contributed by atoms with E-state index >= 15 is 0 Å². The first-order valence-corrected chi connectivity index (χ1v) is 6.28. The van der Waals surface area contributed by atoms with Crippen molar-refractivity contribution in [3.05, 3.63) is 53.2 Å². The normalized spacial score (nSPS) is 10.3. The lowest BCUT2D eigenvalue weighted by atomic mass is 10.0. The zero-order valence-electron chi connectivity index (χ0n) is 10.5. The average molecular weight is 300 g/mol. The summed E-state index contributed by atoms with van der Waals surface area (Å²) in [6.45, 7) is 0. The van der Waals surface area contributed by atoms with Gasteiger partial charge in [-0.2, -0.15) is 5.26 Å². The van der Waals surface area contributed by atoms with Gasteiger partial charge in [0.25, 0.3) is 0 Å². The van der Waals surface area contributed by atoms with Crippen LogP contribution >= 0.6 is 11.6 Å². The van der Waals surface area contributed by atoms with Crippen LogP contribution in [0.1, 0.15) is 5.69 Å². The maximum atomic E-state index is 13.3. The fourth-order valence-electron chi connectivity index (χ4n) is 1.97. The van der Waals surface area contributed by atoms with Crippen LogP contribution in [0.25, 0.3) is 22.4 Å². The highest BCUT2D eigenvalue weighted by molar-refractivity contribution is 6.31. The third-order valence-electron chi connectivity index (χ3n) is 2.87. The molecule has 5 nitrogen and oxygen atoms in total. The maximum absolute atomic E-state index is 13.3. The van der Waals surface area contributed by atoms with Crippen LogP contribution in [-0.4, -0.2) is 20.4 Å². The predicted molar refractivity (Wildman–Crippen MR) is 74.7 cm³/mol. The third kappa shape index (κ3) is 2.59. The summed E-state index contributed by atoms with van der Waals surface area (Å²) in [7, 11) is 0. The van der Waals surface area contributed by atoms with Crippen LogP contribution in [-0.2, 0) is 0 Å². The molecule has 102 valence electrons. The molecule has 3 aromatic rings. The highest BCUT2D eigenvalue weighted by atomic mass is 35.5. The number of nitrogens with one attached hydrogen (secondary N) is 1. The number of halogens is 2. The second-order valence-corrected chi connectivity index (χ2v) is 4.70. The molecule has 1 N–H and O–H groups in total. The Kier molecular flexibility index (Phi) is 3.34. The monoisotopic (exact) mass is 299 g/mol. The van der Waals surface area contributed by atoms with E-state index in [1.807, 2.05) is 6.07 Å². The summed E-state index contributed by atoms with van der Waals surface area (Å²) in [5.41, 5.74) is 2.51. The van der Waals surface area contributed by atoms with Crippen molar-refractivity contribution in [3.8, 4) is 28.5 Å². The number of nitrogens with zero attached hydrogens (tertiary/aromatic N) is 4. The van der Waals surface area contributed by atoms with Crippen molar-refractivity contribution >= 4 is 11.6 Å². The van der Waals surface area contributed by atoms with Crippen LogP contribution in [0.3, 0.4) is 0 Å². The summed E-state index contributed by atoms with van der Waals surface area (Å²) in [4.78, 5) is 3.81. The molecule has 3 rings (SSSR count). The molecule has 1 aromatic carbocycles. The number of nitriles is 1. The number of aromatic amines is 1. The Morgan fingerprint density at radius 1 is 1.10 bits per heavy atom. The van der Waals surface area contributed by atoms with E-state index in [1.165, 1.54) is 12.3 Å². The molecule has 0 aliphatic heterocycles. The molecule has 0 atom stereocenters. The van der Waals surface area contributed by atoms with Crippen LogP contribution in [0.2, 0.25) is 5.02 Å². The molecule has 2 aromatic heterocycles. The summed E-state index contributed by atoms with van der Waals surface area (Å²) in [5, 5.41) is 19.4. The fraction of sp³-hybridized carbons (Fsp3) is 0. The van der Waals surface area contributed by atoms with Crippen molar-refractivity contribution in [2.75, 3.05) is 0 Å². The van der Waals surface area contributed by atoms with E-state index < -0.39 is 5.82 Å². The number of hydrogen-bond donors (Lipinski definition) is 1. The van der Waals surface area contributed by atoms with Gasteiger partial charge in [0.1, 0.15) is 17.6 Å². The highest BCUT2D eigenvalue weighted by Crippen LogP contribution is 2.30. The second-order valence-electron chi connectivity index (χ2n) is 4.27. The van der Waals surface area contributed by atoms with E-state index in [0.717, 1.165) is 6.20 Å². The summed E-state index contributed by atoms with van der Waals surface area (Å²) in [6.07, 6.45) is 2.66. The molecule has 0 aliphatic rings. The Hall–Kier alpha value is -2.78. The molecule has 0 fully saturated rings. The van der Waals surface area contributed by atoms with Gasteiger partial charge in [-0.15, -0.1) is 5.10 Å². The van der Waals surface area contributed by atoms with Gasteiger partial charge < -0.3 is 0 Å². The van der Waals surface area contributed by atoms with Gasteiger partial charge in [0.05, 0.1) is 6.20 Å². The first-order chi connectivity index (χ1) is 10.2. The summed E-state index contributed by atoms with van der Waals surface area (Å²) < 4.78 is 13.3. The lowest BCUT2D eigenvalue weighted by molar-refractivity contribution is 0.622. The molecular formula is C14H7ClFN5. The fourth-order valence-corrected chi connectivity index (χ4v) is 2.21. The minimum Gasteiger partial charge on any atom is -0.261 e. The molecule has 7 heteroatoms. The number of pyridine rings is 1. The zero-order valence-corrected chi connectivity index (χ0v) is 11.3. The van der Waals surface area contributed by atoms with Crippen LogP contribution in [0.4, 0.5) is 4.39 Å². The van der Waals surface area contributed by atoms with E-state index in [0.29, 0.717) is 27.4 Å². The molecule has 0 saturated carbocycles. The summed E-state index contributed by atoms with van der Waals surface area (Å²) in [5.74, 6) is -0.437. The van der Waals surface area contributed by atoms with Gasteiger partial charge in [-0.1, -0.05) is 16.8 Å². The number of aromatic nitrogens is 4. The number of rotatable bonds is 2. The van der Waals surface area contributed by atoms with Gasteiger partial charge in [0.15, 0.2) is 5.69 Å². The molecule has 0 aliphatic carbocycles. The Morgan fingerprint density at radius 3 is 2.67 bits per heavy atom. The molecule has 0 spiro atoms. The van der Waals surface area contributed by atoms with Gasteiger partial charge in [-0.3, -0.25) is 4.98 Å². The van der Waals surface area contributed by atoms with Gasteiger partial charge in [-0.05, 0) is 29.8 Å². The SMILES string of the molecule is N#Cc1[nH]nnc1-c1cc(Cl)cc(-c2cncc(F)c2)c1. The highest BCUT2D eigenvalue weighted by Gasteiger charge is 2.12. The van der Waals surface area contributed by atoms with Crippen LogP contribution < -0.4 is 0 Å². The first-order valence-electron chi connectivity index (χ1n) is 5.90. The lowest BCUT2D eigenvalue weighted by Crippen LogP contribution is -1.87. The van der Waals surface area contributed by atoms with Crippen LogP contribution in [0.5, 0.6) is 0 Å². The molecule has 0 amide bonds. The number of H-pyrrole nitrogens is 1. The smallest absolute Gasteiger partial charge is 0.163 e. The Morgan fingerprint density at radius 2 is 1.90 bits per heavy atom. The van der Waals surface area contributed by atoms with E-state index in [4.69, 9.17) is 16.9 Å². The van der Waals surface area contributed by atoms with E-state index in [2.05, 4.69) is 20.4 Å². The Bertz CT molecular complexity index is 853. The quantitative estimate of drug-likeness (QED) is 0.788. The van der Waals surface area contributed by atoms with Gasteiger partial charge in [-0.25, -0.2) is 9.49 Å². The van der Waals surface area contributed by atoms with Gasteiger partial charge >= 0.3 is 0 Å². The van der Waals surface area contributed by atoms with Gasteiger partial charge in [0, 0.05) is 22.3 Å². The lowest BCUT2D eigenvalue weighted by Gasteiger charge is -2.05. The largest absolute Gasteiger partial charge is 0.261 e. The van der Waals surface area contributed by atoms with Crippen molar-refractivity contribution in [1.82, 2.24) is 20.4 Å². The van der Waals surface area contributed by atoms with E-state index in [9.17, 15) is 4.39 Å². The molecule has 0 unspecified atom stereocenters. The summed E-state index contributed by atoms with van der Waals surface area (Å²) in [6, 6.07) is 8.43.